The summed E-state index contributed by atoms with van der Waals surface area (Å²) < 4.78 is 16.2. The van der Waals surface area contributed by atoms with Gasteiger partial charge in [-0.05, 0) is 56.3 Å². The van der Waals surface area contributed by atoms with Gasteiger partial charge in [-0.15, -0.1) is 15.3 Å². The summed E-state index contributed by atoms with van der Waals surface area (Å²) in [7, 11) is 0. The molecule has 3 aromatic heterocycles. The summed E-state index contributed by atoms with van der Waals surface area (Å²) in [5.41, 5.74) is 0.556. The van der Waals surface area contributed by atoms with Crippen molar-refractivity contribution in [1.82, 2.24) is 29.9 Å². The minimum Gasteiger partial charge on any atom is -0.321 e. The lowest BCUT2D eigenvalue weighted by molar-refractivity contribution is 0.101. The molecule has 3 heterocycles. The normalized spacial score (nSPS) is 10.8. The summed E-state index contributed by atoms with van der Waals surface area (Å²) >= 11 is 0. The quantitative estimate of drug-likeness (QED) is 0.465. The summed E-state index contributed by atoms with van der Waals surface area (Å²) in [5.74, 6) is -1.26. The lowest BCUT2D eigenvalue weighted by Crippen LogP contribution is -2.17. The lowest BCUT2D eigenvalue weighted by Gasteiger charge is -2.11. The summed E-state index contributed by atoms with van der Waals surface area (Å²) in [4.78, 5) is 29.4. The Morgan fingerprint density at radius 1 is 0.970 bits per heavy atom. The molecule has 0 unspecified atom stereocenters. The molecule has 4 aromatic rings. The number of halogens is 1. The number of hydrogen-bond acceptors (Lipinski definition) is 7. The first-order valence-electron chi connectivity index (χ1n) is 9.99. The Labute approximate surface area is 187 Å². The molecule has 0 radical (unpaired) electrons. The van der Waals surface area contributed by atoms with Crippen molar-refractivity contribution in [1.29, 1.82) is 0 Å². The smallest absolute Gasteiger partial charge is 0.276 e. The summed E-state index contributed by atoms with van der Waals surface area (Å²) in [6.45, 7) is 3.97. The van der Waals surface area contributed by atoms with Crippen LogP contribution in [0.2, 0.25) is 0 Å². The van der Waals surface area contributed by atoms with Gasteiger partial charge in [0.25, 0.3) is 11.8 Å². The topological polar surface area (TPSA) is 128 Å². The maximum atomic E-state index is 14.4. The van der Waals surface area contributed by atoms with Crippen LogP contribution in [-0.4, -0.2) is 41.8 Å². The third kappa shape index (κ3) is 4.87. The number of carbonyl (C=O) groups is 2. The van der Waals surface area contributed by atoms with Crippen molar-refractivity contribution in [3.05, 3.63) is 78.1 Å². The molecule has 33 heavy (non-hydrogen) atoms. The highest BCUT2D eigenvalue weighted by Gasteiger charge is 2.17. The highest BCUT2D eigenvalue weighted by molar-refractivity contribution is 6.06. The van der Waals surface area contributed by atoms with Crippen LogP contribution in [0.4, 0.5) is 15.9 Å². The number of carbonyl (C=O) groups excluding carboxylic acids is 2. The van der Waals surface area contributed by atoms with E-state index in [-0.39, 0.29) is 28.8 Å². The number of anilines is 2. The number of aromatic nitrogens is 6. The molecule has 11 heteroatoms. The number of hydrogen-bond donors (Lipinski definition) is 2. The minimum absolute atomic E-state index is 0.0862. The molecule has 4 rings (SSSR count). The first kappa shape index (κ1) is 21.7. The number of nitrogens with zero attached hydrogens (tertiary/aromatic N) is 6. The molecule has 0 atom stereocenters. The molecule has 1 aromatic carbocycles. The van der Waals surface area contributed by atoms with E-state index in [4.69, 9.17) is 0 Å². The zero-order valence-electron chi connectivity index (χ0n) is 17.7. The standard InChI is InChI=1S/C22H19FN8O2/c1-13(2)31-12-25-30-20(31)17-5-3-7-19(27-17)28-21(32)15-11-14(8-9-16(15)23)26-22(33)18-6-4-10-24-29-18/h3-13H,1-2H3,(H,26,33)(H,27,28,32). The Bertz CT molecular complexity index is 1310. The molecular weight excluding hydrogens is 427 g/mol. The fourth-order valence-corrected chi connectivity index (χ4v) is 3.01. The fraction of sp³-hybridized carbons (Fsp3) is 0.136. The SMILES string of the molecule is CC(C)n1cnnc1-c1cccc(NC(=O)c2cc(NC(=O)c3cccnn3)ccc2F)n1. The van der Waals surface area contributed by atoms with E-state index in [0.717, 1.165) is 6.07 Å². The van der Waals surface area contributed by atoms with Gasteiger partial charge in [-0.25, -0.2) is 9.37 Å². The predicted molar refractivity (Wildman–Crippen MR) is 118 cm³/mol. The monoisotopic (exact) mass is 446 g/mol. The highest BCUT2D eigenvalue weighted by atomic mass is 19.1. The molecule has 0 aliphatic rings. The van der Waals surface area contributed by atoms with Gasteiger partial charge in [0.05, 0.1) is 5.56 Å². The van der Waals surface area contributed by atoms with Gasteiger partial charge in [0.15, 0.2) is 11.5 Å². The van der Waals surface area contributed by atoms with Crippen molar-refractivity contribution in [2.24, 2.45) is 0 Å². The van der Waals surface area contributed by atoms with Crippen LogP contribution in [0.15, 0.2) is 61.1 Å². The zero-order valence-corrected chi connectivity index (χ0v) is 17.7. The molecule has 0 saturated heterocycles. The van der Waals surface area contributed by atoms with Gasteiger partial charge in [-0.2, -0.15) is 5.10 Å². The second-order valence-corrected chi connectivity index (χ2v) is 7.28. The third-order valence-corrected chi connectivity index (χ3v) is 4.62. The third-order valence-electron chi connectivity index (χ3n) is 4.62. The van der Waals surface area contributed by atoms with Crippen LogP contribution in [0, 0.1) is 5.82 Å². The number of benzene rings is 1. The average Bonchev–Trinajstić information content (AvgIpc) is 3.31. The summed E-state index contributed by atoms with van der Waals surface area (Å²) in [6, 6.07) is 11.9. The van der Waals surface area contributed by atoms with E-state index in [1.54, 1.807) is 30.6 Å². The van der Waals surface area contributed by atoms with Gasteiger partial charge < -0.3 is 15.2 Å². The molecule has 0 bridgehead atoms. The summed E-state index contributed by atoms with van der Waals surface area (Å²) in [5, 5.41) is 20.5. The van der Waals surface area contributed by atoms with Crippen molar-refractivity contribution < 1.29 is 14.0 Å². The van der Waals surface area contributed by atoms with Crippen LogP contribution in [0.25, 0.3) is 11.5 Å². The van der Waals surface area contributed by atoms with Crippen molar-refractivity contribution in [3.63, 3.8) is 0 Å². The van der Waals surface area contributed by atoms with Crippen LogP contribution < -0.4 is 10.6 Å². The van der Waals surface area contributed by atoms with Gasteiger partial charge >= 0.3 is 0 Å². The van der Waals surface area contributed by atoms with Gasteiger partial charge in [-0.1, -0.05) is 6.07 Å². The largest absolute Gasteiger partial charge is 0.321 e. The molecular formula is C22H19FN8O2. The number of nitrogens with one attached hydrogen (secondary N) is 2. The first-order valence-corrected chi connectivity index (χ1v) is 9.99. The Morgan fingerprint density at radius 3 is 2.58 bits per heavy atom. The molecule has 0 aliphatic carbocycles. The van der Waals surface area contributed by atoms with E-state index in [1.807, 2.05) is 18.4 Å². The van der Waals surface area contributed by atoms with Crippen molar-refractivity contribution in [2.75, 3.05) is 10.6 Å². The number of rotatable bonds is 6. The van der Waals surface area contributed by atoms with E-state index in [2.05, 4.69) is 36.0 Å². The van der Waals surface area contributed by atoms with Crippen LogP contribution >= 0.6 is 0 Å². The molecule has 10 nitrogen and oxygen atoms in total. The zero-order chi connectivity index (χ0) is 23.4. The van der Waals surface area contributed by atoms with Crippen molar-refractivity contribution >= 4 is 23.3 Å². The van der Waals surface area contributed by atoms with E-state index < -0.39 is 17.6 Å². The van der Waals surface area contributed by atoms with Crippen LogP contribution in [0.5, 0.6) is 0 Å². The van der Waals surface area contributed by atoms with Gasteiger partial charge in [0.2, 0.25) is 0 Å². The summed E-state index contributed by atoms with van der Waals surface area (Å²) in [6.07, 6.45) is 3.04. The Morgan fingerprint density at radius 2 is 1.82 bits per heavy atom. The van der Waals surface area contributed by atoms with E-state index in [0.29, 0.717) is 11.5 Å². The highest BCUT2D eigenvalue weighted by Crippen LogP contribution is 2.21. The molecule has 0 spiro atoms. The van der Waals surface area contributed by atoms with E-state index in [9.17, 15) is 14.0 Å². The minimum atomic E-state index is -0.749. The van der Waals surface area contributed by atoms with E-state index >= 15 is 0 Å². The molecule has 0 aliphatic heterocycles. The van der Waals surface area contributed by atoms with Gasteiger partial charge in [-0.3, -0.25) is 9.59 Å². The maximum Gasteiger partial charge on any atom is 0.276 e. The molecule has 166 valence electrons. The predicted octanol–water partition coefficient (Wildman–Crippen LogP) is 3.35. The number of pyridine rings is 1. The van der Waals surface area contributed by atoms with Crippen LogP contribution in [-0.2, 0) is 0 Å². The number of amides is 2. The lowest BCUT2D eigenvalue weighted by atomic mass is 10.1. The van der Waals surface area contributed by atoms with Gasteiger partial charge in [0, 0.05) is 17.9 Å². The van der Waals surface area contributed by atoms with Crippen molar-refractivity contribution in [3.8, 4) is 11.5 Å². The second kappa shape index (κ2) is 9.30. The molecule has 2 N–H and O–H groups in total. The average molecular weight is 446 g/mol. The first-order chi connectivity index (χ1) is 15.9. The Balaban J connectivity index is 1.54. The Hall–Kier alpha value is -4.54. The Kier molecular flexibility index (Phi) is 6.11. The van der Waals surface area contributed by atoms with Crippen molar-refractivity contribution in [2.45, 2.75) is 19.9 Å². The molecule has 2 amide bonds. The van der Waals surface area contributed by atoms with E-state index in [1.165, 1.54) is 24.4 Å². The fourth-order valence-electron chi connectivity index (χ4n) is 3.01. The maximum absolute atomic E-state index is 14.4. The molecule has 0 saturated carbocycles. The van der Waals surface area contributed by atoms with Gasteiger partial charge in [0.1, 0.15) is 23.7 Å². The molecule has 0 fully saturated rings. The second-order valence-electron chi connectivity index (χ2n) is 7.28. The van der Waals surface area contributed by atoms with Crippen LogP contribution in [0.3, 0.4) is 0 Å². The van der Waals surface area contributed by atoms with Crippen LogP contribution in [0.1, 0.15) is 40.7 Å².